The van der Waals surface area contributed by atoms with Crippen LogP contribution in [0.25, 0.3) is 11.0 Å². The third kappa shape index (κ3) is 3.85. The van der Waals surface area contributed by atoms with Crippen LogP contribution in [-0.2, 0) is 11.3 Å². The second-order valence-electron chi connectivity index (χ2n) is 7.65. The van der Waals surface area contributed by atoms with Crippen molar-refractivity contribution in [2.24, 2.45) is 0 Å². The van der Waals surface area contributed by atoms with Crippen LogP contribution in [0.2, 0.25) is 6.82 Å². The largest absolute Gasteiger partial charge is 0.437 e. The fourth-order valence-electron chi connectivity index (χ4n) is 4.39. The first kappa shape index (κ1) is 18.7. The summed E-state index contributed by atoms with van der Waals surface area (Å²) in [7, 11) is -0.419. The minimum absolute atomic E-state index is 0.0972. The van der Waals surface area contributed by atoms with Crippen LogP contribution < -0.4 is 5.69 Å². The van der Waals surface area contributed by atoms with E-state index in [0.717, 1.165) is 69.8 Å². The molecule has 2 fully saturated rings. The highest BCUT2D eigenvalue weighted by Gasteiger charge is 2.28. The predicted octanol–water partition coefficient (Wildman–Crippen LogP) is 0.882. The van der Waals surface area contributed by atoms with E-state index in [1.165, 1.54) is 0 Å². The Balaban J connectivity index is 1.58. The van der Waals surface area contributed by atoms with Gasteiger partial charge in [0.25, 0.3) is 0 Å². The standard InChI is InChI=1S/C19H29BN4O3/c1-20(26)22-8-6-16(7-9-22)24-18-5-3-2-4-17(18)23(19(24)25)11-10-21-12-14-27-15-13-21/h2-5,16,26H,6-15H2,1H3. The molecule has 27 heavy (non-hydrogen) atoms. The van der Waals surface area contributed by atoms with E-state index in [1.807, 2.05) is 28.1 Å². The number of para-hydroxylation sites is 2. The molecular formula is C19H29BN4O3. The number of fused-ring (bicyclic) bond motifs is 1. The summed E-state index contributed by atoms with van der Waals surface area (Å²) in [6, 6.07) is 8.32. The molecule has 8 heteroatoms. The summed E-state index contributed by atoms with van der Waals surface area (Å²) in [6.07, 6.45) is 1.78. The van der Waals surface area contributed by atoms with E-state index >= 15 is 0 Å². The number of rotatable bonds is 5. The molecule has 1 N–H and O–H groups in total. The van der Waals surface area contributed by atoms with Crippen molar-refractivity contribution in [2.75, 3.05) is 45.9 Å². The summed E-state index contributed by atoms with van der Waals surface area (Å²) in [5, 5.41) is 9.80. The van der Waals surface area contributed by atoms with Crippen LogP contribution in [0.4, 0.5) is 0 Å². The van der Waals surface area contributed by atoms with Gasteiger partial charge in [-0.15, -0.1) is 0 Å². The zero-order valence-electron chi connectivity index (χ0n) is 16.1. The number of aromatic nitrogens is 2. The number of hydrogen-bond donors (Lipinski definition) is 1. The number of imidazole rings is 1. The lowest BCUT2D eigenvalue weighted by Crippen LogP contribution is -2.44. The summed E-state index contributed by atoms with van der Waals surface area (Å²) < 4.78 is 9.35. The van der Waals surface area contributed by atoms with Gasteiger partial charge >= 0.3 is 12.7 Å². The lowest BCUT2D eigenvalue weighted by Gasteiger charge is -2.33. The summed E-state index contributed by atoms with van der Waals surface area (Å²) in [5.74, 6) is 0. The highest BCUT2D eigenvalue weighted by molar-refractivity contribution is 6.45. The van der Waals surface area contributed by atoms with Crippen LogP contribution in [0, 0.1) is 0 Å². The van der Waals surface area contributed by atoms with Crippen LogP contribution in [0.5, 0.6) is 0 Å². The lowest BCUT2D eigenvalue weighted by atomic mass is 9.82. The molecule has 2 aromatic rings. The summed E-state index contributed by atoms with van der Waals surface area (Å²) in [6.45, 7) is 8.46. The third-order valence-electron chi connectivity index (χ3n) is 6.01. The zero-order chi connectivity index (χ0) is 18.8. The van der Waals surface area contributed by atoms with E-state index in [-0.39, 0.29) is 11.7 Å². The molecule has 7 nitrogen and oxygen atoms in total. The van der Waals surface area contributed by atoms with Crippen molar-refractivity contribution in [3.8, 4) is 0 Å². The summed E-state index contributed by atoms with van der Waals surface area (Å²) in [5.41, 5.74) is 2.15. The molecule has 4 rings (SSSR count). The van der Waals surface area contributed by atoms with Gasteiger partial charge in [0.05, 0.1) is 24.2 Å². The first-order valence-electron chi connectivity index (χ1n) is 10.1. The molecule has 2 aliphatic heterocycles. The fraction of sp³-hybridized carbons (Fsp3) is 0.632. The van der Waals surface area contributed by atoms with E-state index < -0.39 is 7.05 Å². The highest BCUT2D eigenvalue weighted by Crippen LogP contribution is 2.26. The smallest absolute Gasteiger partial charge is 0.376 e. The van der Waals surface area contributed by atoms with Crippen LogP contribution in [0.1, 0.15) is 18.9 Å². The number of ether oxygens (including phenoxy) is 1. The third-order valence-corrected chi connectivity index (χ3v) is 6.01. The molecule has 0 radical (unpaired) electrons. The number of benzene rings is 1. The maximum Gasteiger partial charge on any atom is 0.376 e. The first-order chi connectivity index (χ1) is 13.1. The Morgan fingerprint density at radius 1 is 1.07 bits per heavy atom. The van der Waals surface area contributed by atoms with Gasteiger partial charge in [-0.05, 0) is 44.9 Å². The van der Waals surface area contributed by atoms with Crippen LogP contribution in [-0.4, -0.2) is 76.9 Å². The van der Waals surface area contributed by atoms with Gasteiger partial charge in [-0.3, -0.25) is 14.0 Å². The van der Waals surface area contributed by atoms with Gasteiger partial charge in [0.2, 0.25) is 0 Å². The highest BCUT2D eigenvalue weighted by atomic mass is 16.5. The fourth-order valence-corrected chi connectivity index (χ4v) is 4.39. The van der Waals surface area contributed by atoms with Gasteiger partial charge in [-0.25, -0.2) is 4.79 Å². The van der Waals surface area contributed by atoms with Crippen molar-refractivity contribution in [3.63, 3.8) is 0 Å². The van der Waals surface area contributed by atoms with Crippen molar-refractivity contribution in [3.05, 3.63) is 34.7 Å². The second kappa shape index (κ2) is 8.18. The van der Waals surface area contributed by atoms with Crippen molar-refractivity contribution >= 4 is 18.1 Å². The van der Waals surface area contributed by atoms with Gasteiger partial charge in [0.15, 0.2) is 0 Å². The molecule has 2 aliphatic rings. The number of nitrogens with zero attached hydrogens (tertiary/aromatic N) is 4. The van der Waals surface area contributed by atoms with Crippen LogP contribution in [0.3, 0.4) is 0 Å². The van der Waals surface area contributed by atoms with Gasteiger partial charge in [-0.1, -0.05) is 12.1 Å². The Kier molecular flexibility index (Phi) is 5.68. The maximum absolute atomic E-state index is 13.3. The first-order valence-corrected chi connectivity index (χ1v) is 10.1. The van der Waals surface area contributed by atoms with E-state index in [1.54, 1.807) is 0 Å². The molecular weight excluding hydrogens is 343 g/mol. The molecule has 146 valence electrons. The average Bonchev–Trinajstić information content (AvgIpc) is 2.98. The van der Waals surface area contributed by atoms with E-state index in [4.69, 9.17) is 4.74 Å². The SMILES string of the molecule is CB(O)N1CCC(n2c(=O)n(CCN3CCOCC3)c3ccccc32)CC1. The van der Waals surface area contributed by atoms with Crippen LogP contribution >= 0.6 is 0 Å². The lowest BCUT2D eigenvalue weighted by molar-refractivity contribution is 0.0364. The number of hydrogen-bond acceptors (Lipinski definition) is 5. The van der Waals surface area contributed by atoms with Crippen molar-refractivity contribution < 1.29 is 9.76 Å². The molecule has 2 saturated heterocycles. The van der Waals surface area contributed by atoms with Crippen molar-refractivity contribution in [2.45, 2.75) is 32.3 Å². The average molecular weight is 372 g/mol. The second-order valence-corrected chi connectivity index (χ2v) is 7.65. The zero-order valence-corrected chi connectivity index (χ0v) is 16.1. The van der Waals surface area contributed by atoms with E-state index in [2.05, 4.69) is 21.8 Å². The molecule has 1 aromatic heterocycles. The summed E-state index contributed by atoms with van der Waals surface area (Å²) >= 11 is 0. The molecule has 0 aliphatic carbocycles. The quantitative estimate of drug-likeness (QED) is 0.790. The number of morpholine rings is 1. The number of piperidine rings is 1. The van der Waals surface area contributed by atoms with Crippen LogP contribution in [0.15, 0.2) is 29.1 Å². The Labute approximate surface area is 160 Å². The van der Waals surface area contributed by atoms with E-state index in [0.29, 0.717) is 6.54 Å². The van der Waals surface area contributed by atoms with Gasteiger partial charge in [-0.2, -0.15) is 0 Å². The topological polar surface area (TPSA) is 62.9 Å². The van der Waals surface area contributed by atoms with Crippen molar-refractivity contribution in [1.82, 2.24) is 18.8 Å². The molecule has 0 spiro atoms. The van der Waals surface area contributed by atoms with Gasteiger partial charge in [0.1, 0.15) is 0 Å². The Morgan fingerprint density at radius 2 is 1.74 bits per heavy atom. The molecule has 0 unspecified atom stereocenters. The van der Waals surface area contributed by atoms with Gasteiger partial charge in [0, 0.05) is 32.2 Å². The molecule has 0 atom stereocenters. The Bertz CT molecular complexity index is 820. The minimum atomic E-state index is -0.419. The molecule has 0 amide bonds. The molecule has 3 heterocycles. The van der Waals surface area contributed by atoms with Gasteiger partial charge < -0.3 is 14.6 Å². The Morgan fingerprint density at radius 3 is 2.41 bits per heavy atom. The maximum atomic E-state index is 13.3. The molecule has 0 saturated carbocycles. The summed E-state index contributed by atoms with van der Waals surface area (Å²) in [4.78, 5) is 17.7. The minimum Gasteiger partial charge on any atom is -0.437 e. The predicted molar refractivity (Wildman–Crippen MR) is 107 cm³/mol. The monoisotopic (exact) mass is 372 g/mol. The Hall–Kier alpha value is -1.61. The van der Waals surface area contributed by atoms with Crippen molar-refractivity contribution in [1.29, 1.82) is 0 Å². The van der Waals surface area contributed by atoms with E-state index in [9.17, 15) is 9.82 Å². The normalized spacial score (nSPS) is 20.4. The molecule has 1 aromatic carbocycles. The molecule has 0 bridgehead atoms.